The summed E-state index contributed by atoms with van der Waals surface area (Å²) in [4.78, 5) is 28.3. The van der Waals surface area contributed by atoms with Crippen LogP contribution in [0.15, 0.2) is 10.6 Å². The second-order valence-corrected chi connectivity index (χ2v) is 11.4. The third-order valence-corrected chi connectivity index (χ3v) is 7.62. The lowest BCUT2D eigenvalue weighted by Gasteiger charge is -2.39. The minimum atomic E-state index is -0.565. The molecule has 0 spiro atoms. The van der Waals surface area contributed by atoms with E-state index in [4.69, 9.17) is 4.52 Å². The third kappa shape index (κ3) is 5.03. The van der Waals surface area contributed by atoms with Crippen LogP contribution in [0.25, 0.3) is 0 Å². The number of piperidine rings is 1. The minimum Gasteiger partial charge on any atom is -0.360 e. The fourth-order valence-corrected chi connectivity index (χ4v) is 6.17. The summed E-state index contributed by atoms with van der Waals surface area (Å²) in [7, 11) is 0. The SMILES string of the molecule is Cc1cc(C2(C(=O)NCC3C[C@H]4CC[C@@H](C3)N4CC(=O)NC(C)(C)C)CCCCC2)on1. The van der Waals surface area contributed by atoms with E-state index in [-0.39, 0.29) is 17.4 Å². The number of carbonyl (C=O) groups excluding carboxylic acids is 2. The lowest BCUT2D eigenvalue weighted by atomic mass is 9.71. The number of hydrogen-bond acceptors (Lipinski definition) is 5. The molecule has 178 valence electrons. The highest BCUT2D eigenvalue weighted by Crippen LogP contribution is 2.41. The van der Waals surface area contributed by atoms with E-state index in [2.05, 4.69) is 20.7 Å². The first kappa shape index (κ1) is 23.3. The fourth-order valence-electron chi connectivity index (χ4n) is 6.17. The molecular formula is C25H40N4O3. The van der Waals surface area contributed by atoms with E-state index in [9.17, 15) is 9.59 Å². The molecule has 1 aliphatic carbocycles. The van der Waals surface area contributed by atoms with Crippen LogP contribution >= 0.6 is 0 Å². The molecule has 1 saturated carbocycles. The Morgan fingerprint density at radius 3 is 2.38 bits per heavy atom. The Balaban J connectivity index is 1.34. The monoisotopic (exact) mass is 444 g/mol. The van der Waals surface area contributed by atoms with Gasteiger partial charge in [-0.05, 0) is 72.1 Å². The first-order chi connectivity index (χ1) is 15.2. The van der Waals surface area contributed by atoms with E-state index in [1.807, 2.05) is 33.8 Å². The van der Waals surface area contributed by atoms with Crippen LogP contribution in [0.2, 0.25) is 0 Å². The number of aryl methyl sites for hydroxylation is 1. The molecule has 2 amide bonds. The number of fused-ring (bicyclic) bond motifs is 2. The number of rotatable bonds is 6. The summed E-state index contributed by atoms with van der Waals surface area (Å²) >= 11 is 0. The second-order valence-electron chi connectivity index (χ2n) is 11.4. The van der Waals surface area contributed by atoms with E-state index in [1.165, 1.54) is 6.42 Å². The number of carbonyl (C=O) groups is 2. The van der Waals surface area contributed by atoms with Gasteiger partial charge in [-0.15, -0.1) is 0 Å². The first-order valence-electron chi connectivity index (χ1n) is 12.5. The Morgan fingerprint density at radius 1 is 1.16 bits per heavy atom. The molecule has 3 atom stereocenters. The van der Waals surface area contributed by atoms with Gasteiger partial charge in [-0.3, -0.25) is 14.5 Å². The molecule has 2 aliphatic heterocycles. The molecule has 7 nitrogen and oxygen atoms in total. The molecular weight excluding hydrogens is 404 g/mol. The maximum atomic E-state index is 13.4. The van der Waals surface area contributed by atoms with Crippen molar-refractivity contribution in [2.75, 3.05) is 13.1 Å². The largest absolute Gasteiger partial charge is 0.360 e. The summed E-state index contributed by atoms with van der Waals surface area (Å²) in [5.74, 6) is 1.41. The molecule has 1 aromatic heterocycles. The molecule has 0 aromatic carbocycles. The molecule has 1 aromatic rings. The van der Waals surface area contributed by atoms with Crippen molar-refractivity contribution >= 4 is 11.8 Å². The van der Waals surface area contributed by atoms with Crippen molar-refractivity contribution in [3.05, 3.63) is 17.5 Å². The molecule has 2 saturated heterocycles. The van der Waals surface area contributed by atoms with Gasteiger partial charge in [0.05, 0.1) is 12.2 Å². The summed E-state index contributed by atoms with van der Waals surface area (Å²) in [6.45, 7) is 9.17. The number of aromatic nitrogens is 1. The van der Waals surface area contributed by atoms with Gasteiger partial charge in [0.25, 0.3) is 0 Å². The van der Waals surface area contributed by atoms with Gasteiger partial charge < -0.3 is 15.2 Å². The van der Waals surface area contributed by atoms with Crippen molar-refractivity contribution < 1.29 is 14.1 Å². The lowest BCUT2D eigenvalue weighted by molar-refractivity contribution is -0.129. The van der Waals surface area contributed by atoms with Crippen molar-refractivity contribution in [2.45, 2.75) is 109 Å². The Bertz CT molecular complexity index is 807. The fraction of sp³-hybridized carbons (Fsp3) is 0.800. The van der Waals surface area contributed by atoms with Gasteiger partial charge in [-0.25, -0.2) is 0 Å². The van der Waals surface area contributed by atoms with Crippen LogP contribution in [0.3, 0.4) is 0 Å². The standard InChI is InChI=1S/C25H40N4O3/c1-17-12-21(32-28-17)25(10-6-5-7-11-25)23(31)26-15-18-13-19-8-9-20(14-18)29(19)16-22(30)27-24(2,3)4/h12,18-20H,5-11,13-16H2,1-4H3,(H,26,31)(H,27,30)/t18?,19-,20+. The van der Waals surface area contributed by atoms with Crippen LogP contribution in [0, 0.1) is 12.8 Å². The maximum Gasteiger partial charge on any atom is 0.234 e. The van der Waals surface area contributed by atoms with Gasteiger partial charge in [-0.2, -0.15) is 0 Å². The summed E-state index contributed by atoms with van der Waals surface area (Å²) in [5, 5.41) is 10.5. The molecule has 7 heteroatoms. The van der Waals surface area contributed by atoms with Crippen molar-refractivity contribution in [3.8, 4) is 0 Å². The van der Waals surface area contributed by atoms with Crippen LogP contribution in [0.1, 0.15) is 90.0 Å². The Kier molecular flexibility index (Phi) is 6.66. The van der Waals surface area contributed by atoms with Crippen LogP contribution in [-0.2, 0) is 15.0 Å². The number of nitrogens with one attached hydrogen (secondary N) is 2. The normalized spacial score (nSPS) is 27.8. The van der Waals surface area contributed by atoms with Gasteiger partial charge in [0.1, 0.15) is 5.41 Å². The summed E-state index contributed by atoms with van der Waals surface area (Å²) < 4.78 is 5.59. The van der Waals surface area contributed by atoms with Crippen LogP contribution in [0.5, 0.6) is 0 Å². The molecule has 2 N–H and O–H groups in total. The molecule has 3 fully saturated rings. The summed E-state index contributed by atoms with van der Waals surface area (Å²) in [6.07, 6.45) is 9.34. The highest BCUT2D eigenvalue weighted by atomic mass is 16.5. The van der Waals surface area contributed by atoms with Gasteiger partial charge in [-0.1, -0.05) is 24.4 Å². The minimum absolute atomic E-state index is 0.104. The predicted molar refractivity (Wildman–Crippen MR) is 123 cm³/mol. The molecule has 0 radical (unpaired) electrons. The average molecular weight is 445 g/mol. The highest BCUT2D eigenvalue weighted by molar-refractivity contribution is 5.87. The number of nitrogens with zero attached hydrogens (tertiary/aromatic N) is 2. The Labute approximate surface area is 192 Å². The van der Waals surface area contributed by atoms with Gasteiger partial charge in [0.15, 0.2) is 5.76 Å². The predicted octanol–water partition coefficient (Wildman–Crippen LogP) is 3.46. The molecule has 3 aliphatic rings. The van der Waals surface area contributed by atoms with Gasteiger partial charge >= 0.3 is 0 Å². The van der Waals surface area contributed by atoms with Crippen molar-refractivity contribution in [2.24, 2.45) is 5.92 Å². The maximum absolute atomic E-state index is 13.4. The first-order valence-corrected chi connectivity index (χ1v) is 12.5. The van der Waals surface area contributed by atoms with E-state index in [0.717, 1.165) is 62.8 Å². The lowest BCUT2D eigenvalue weighted by Crippen LogP contribution is -2.52. The van der Waals surface area contributed by atoms with Crippen molar-refractivity contribution in [1.82, 2.24) is 20.7 Å². The molecule has 3 heterocycles. The van der Waals surface area contributed by atoms with Gasteiger partial charge in [0.2, 0.25) is 11.8 Å². The zero-order valence-corrected chi connectivity index (χ0v) is 20.2. The number of amides is 2. The average Bonchev–Trinajstić information content (AvgIpc) is 3.25. The molecule has 4 rings (SSSR count). The quantitative estimate of drug-likeness (QED) is 0.702. The van der Waals surface area contributed by atoms with Gasteiger partial charge in [0, 0.05) is 30.2 Å². The third-order valence-electron chi connectivity index (χ3n) is 7.62. The smallest absolute Gasteiger partial charge is 0.234 e. The summed E-state index contributed by atoms with van der Waals surface area (Å²) in [6, 6.07) is 2.83. The van der Waals surface area contributed by atoms with E-state index in [1.54, 1.807) is 0 Å². The van der Waals surface area contributed by atoms with Crippen molar-refractivity contribution in [1.29, 1.82) is 0 Å². The zero-order valence-electron chi connectivity index (χ0n) is 20.2. The van der Waals surface area contributed by atoms with Crippen LogP contribution in [-0.4, -0.2) is 52.6 Å². The molecule has 1 unspecified atom stereocenters. The highest BCUT2D eigenvalue weighted by Gasteiger charge is 2.46. The topological polar surface area (TPSA) is 87.5 Å². The van der Waals surface area contributed by atoms with Crippen molar-refractivity contribution in [3.63, 3.8) is 0 Å². The Morgan fingerprint density at radius 2 is 1.81 bits per heavy atom. The zero-order chi connectivity index (χ0) is 22.9. The van der Waals surface area contributed by atoms with Crippen LogP contribution in [0.4, 0.5) is 0 Å². The summed E-state index contributed by atoms with van der Waals surface area (Å²) in [5.41, 5.74) is 0.0669. The molecule has 2 bridgehead atoms. The van der Waals surface area contributed by atoms with E-state index in [0.29, 0.717) is 31.1 Å². The van der Waals surface area contributed by atoms with Crippen LogP contribution < -0.4 is 10.6 Å². The second kappa shape index (κ2) is 9.16. The Hall–Kier alpha value is -1.89. The molecule has 32 heavy (non-hydrogen) atoms. The number of hydrogen-bond donors (Lipinski definition) is 2. The van der Waals surface area contributed by atoms with E-state index < -0.39 is 5.41 Å². The van der Waals surface area contributed by atoms with E-state index >= 15 is 0 Å².